The normalized spacial score (nSPS) is 24.1. The predicted molar refractivity (Wildman–Crippen MR) is 252 cm³/mol. The van der Waals surface area contributed by atoms with Crippen LogP contribution in [-0.2, 0) is 28.1 Å². The van der Waals surface area contributed by atoms with Crippen LogP contribution in [0.4, 0.5) is 0 Å². The van der Waals surface area contributed by atoms with E-state index in [1.807, 2.05) is 0 Å². The molecule has 56 heavy (non-hydrogen) atoms. The third-order valence-electron chi connectivity index (χ3n) is 16.0. The second kappa shape index (κ2) is 13.9. The van der Waals surface area contributed by atoms with E-state index in [1.165, 1.54) is 66.8 Å². The van der Waals surface area contributed by atoms with Crippen molar-refractivity contribution in [2.75, 3.05) is 0 Å². The Labute approximate surface area is 348 Å². The Kier molecular flexibility index (Phi) is 10.4. The zero-order valence-corrected chi connectivity index (χ0v) is 44.8. The van der Waals surface area contributed by atoms with Gasteiger partial charge in [0, 0.05) is 0 Å². The molecule has 0 bridgehead atoms. The molecular weight excluding hydrogens is 957 g/mol. The van der Waals surface area contributed by atoms with Crippen molar-refractivity contribution in [3.8, 4) is 0 Å². The van der Waals surface area contributed by atoms with Gasteiger partial charge in [0.05, 0.1) is 0 Å². The van der Waals surface area contributed by atoms with Crippen molar-refractivity contribution in [2.24, 2.45) is 0 Å². The maximum atomic E-state index is 8.96. The van der Waals surface area contributed by atoms with E-state index in [0.29, 0.717) is 0 Å². The first-order chi connectivity index (χ1) is 26.5. The molecular formula is C48H58Cl4Si2Zr2. The van der Waals surface area contributed by atoms with Gasteiger partial charge in [-0.05, 0) is 0 Å². The van der Waals surface area contributed by atoms with Crippen molar-refractivity contribution in [1.29, 1.82) is 0 Å². The van der Waals surface area contributed by atoms with E-state index in [0.717, 1.165) is 33.9 Å². The van der Waals surface area contributed by atoms with Crippen molar-refractivity contribution < 1.29 is 28.1 Å². The van der Waals surface area contributed by atoms with E-state index < -0.39 is 41.4 Å². The topological polar surface area (TPSA) is 0 Å². The van der Waals surface area contributed by atoms with E-state index in [1.54, 1.807) is 0 Å². The summed E-state index contributed by atoms with van der Waals surface area (Å²) in [4.78, 5) is 0. The summed E-state index contributed by atoms with van der Waals surface area (Å²) in [5, 5.41) is 0. The van der Waals surface area contributed by atoms with Gasteiger partial charge in [-0.25, -0.2) is 0 Å². The molecule has 4 aromatic carbocycles. The summed E-state index contributed by atoms with van der Waals surface area (Å²) < 4.78 is 2.28. The SMILES string of the molecule is C[SiH2][Zr]([Cl])([Cl])([CH2]CCCC[CH2][Zr]([Cl])([Cl])([SiH2]C)([CH]1C(C)=Cc2ccccc21)[CH]1C(C)=Cc2ccccc21)([CH]1C(C)=Cc2ccccc21)[CH]1C(C)=Cc2ccccc21. The standard InChI is InChI=1S/4C10H9.C6H12.2CH5Si.4ClH.2Zr/c4*1-8-6-9-4-2-3-5-10(9)7-8;1-3-5-6-4-2;2*1-2;;;;;;/h4*2-7H,1H3;1-6H2;2*2H2,1H3;4*1H;;/q;;;;;;;;;;;2*+2/p-4. The van der Waals surface area contributed by atoms with Crippen LogP contribution in [0.1, 0.15) is 112 Å². The van der Waals surface area contributed by atoms with Gasteiger partial charge in [-0.15, -0.1) is 0 Å². The number of unbranched alkanes of at least 4 members (excludes halogenated alkanes) is 3. The summed E-state index contributed by atoms with van der Waals surface area (Å²) in [6, 6.07) is 35.7. The molecule has 0 spiro atoms. The number of rotatable bonds is 13. The van der Waals surface area contributed by atoms with Gasteiger partial charge in [-0.3, -0.25) is 0 Å². The number of allylic oxidation sites excluding steroid dienone is 4. The summed E-state index contributed by atoms with van der Waals surface area (Å²) in [5.74, 6) is 0. The second-order valence-electron chi connectivity index (χ2n) is 19.0. The number of hydrogen-bond acceptors (Lipinski definition) is 0. The molecule has 8 rings (SSSR count). The zero-order valence-electron chi connectivity index (χ0n) is 34.0. The van der Waals surface area contributed by atoms with Gasteiger partial charge in [0.15, 0.2) is 0 Å². The Bertz CT molecular complexity index is 2130. The third-order valence-corrected chi connectivity index (χ3v) is 126. The molecule has 4 aromatic rings. The Balaban J connectivity index is 1.14. The second-order valence-corrected chi connectivity index (χ2v) is 126. The van der Waals surface area contributed by atoms with E-state index >= 15 is 0 Å². The summed E-state index contributed by atoms with van der Waals surface area (Å²) in [7, 11) is 35.8. The molecule has 8 heteroatoms. The third kappa shape index (κ3) is 5.94. The van der Waals surface area contributed by atoms with Crippen LogP contribution in [0, 0.1) is 0 Å². The van der Waals surface area contributed by atoms with Gasteiger partial charge in [-0.2, -0.15) is 0 Å². The van der Waals surface area contributed by atoms with Crippen molar-refractivity contribution in [1.82, 2.24) is 0 Å². The van der Waals surface area contributed by atoms with Crippen LogP contribution in [0.3, 0.4) is 0 Å². The predicted octanol–water partition coefficient (Wildman–Crippen LogP) is 15.3. The fraction of sp³-hybridized carbons (Fsp3) is 0.333. The van der Waals surface area contributed by atoms with Gasteiger partial charge in [0.1, 0.15) is 0 Å². The Hall–Kier alpha value is -0.800. The Morgan fingerprint density at radius 1 is 0.393 bits per heavy atom. The fourth-order valence-corrected chi connectivity index (χ4v) is 100. The molecule has 0 fully saturated rings. The first kappa shape index (κ1) is 41.9. The van der Waals surface area contributed by atoms with E-state index in [2.05, 4.69) is 162 Å². The van der Waals surface area contributed by atoms with E-state index in [-0.39, 0.29) is 14.5 Å². The molecule has 4 aliphatic rings. The molecule has 0 radical (unpaired) electrons. The summed E-state index contributed by atoms with van der Waals surface area (Å²) in [6.07, 6.45) is 13.8. The molecule has 0 saturated heterocycles. The van der Waals surface area contributed by atoms with Gasteiger partial charge in [-0.1, -0.05) is 0 Å². The molecule has 294 valence electrons. The molecule has 0 aliphatic heterocycles. The average molecular weight is 1020 g/mol. The van der Waals surface area contributed by atoms with Gasteiger partial charge in [0.2, 0.25) is 0 Å². The van der Waals surface area contributed by atoms with Crippen molar-refractivity contribution in [3.05, 3.63) is 164 Å². The minimum absolute atomic E-state index is 0.105. The zero-order chi connectivity index (χ0) is 39.9. The molecule has 0 amide bonds. The molecule has 0 heterocycles. The summed E-state index contributed by atoms with van der Waals surface area (Å²) in [5.41, 5.74) is 16.1. The van der Waals surface area contributed by atoms with Crippen LogP contribution < -0.4 is 0 Å². The van der Waals surface area contributed by atoms with Gasteiger partial charge >= 0.3 is 353 Å². The monoisotopic (exact) mass is 1010 g/mol. The van der Waals surface area contributed by atoms with Crippen LogP contribution in [0.25, 0.3) is 24.3 Å². The van der Waals surface area contributed by atoms with Gasteiger partial charge in [0.25, 0.3) is 0 Å². The van der Waals surface area contributed by atoms with Crippen LogP contribution in [0.2, 0.25) is 21.4 Å². The number of fused-ring (bicyclic) bond motifs is 4. The minimum atomic E-state index is -5.36. The first-order valence-electron chi connectivity index (χ1n) is 21.2. The van der Waals surface area contributed by atoms with Crippen LogP contribution in [-0.4, -0.2) is 13.3 Å². The van der Waals surface area contributed by atoms with Crippen molar-refractivity contribution in [2.45, 2.75) is 89.2 Å². The first-order valence-corrected chi connectivity index (χ1v) is 57.7. The van der Waals surface area contributed by atoms with Crippen molar-refractivity contribution >= 4 is 71.6 Å². The molecule has 0 nitrogen and oxygen atoms in total. The molecule has 0 N–H and O–H groups in total. The van der Waals surface area contributed by atoms with E-state index in [4.69, 9.17) is 34.1 Å². The van der Waals surface area contributed by atoms with E-state index in [9.17, 15) is 0 Å². The molecule has 4 aliphatic carbocycles. The van der Waals surface area contributed by atoms with Gasteiger partial charge < -0.3 is 0 Å². The fourth-order valence-electron chi connectivity index (χ4n) is 13.7. The average Bonchev–Trinajstić information content (AvgIpc) is 3.92. The molecule has 4 unspecified atom stereocenters. The van der Waals surface area contributed by atoms with Crippen LogP contribution >= 0.6 is 34.1 Å². The number of benzene rings is 4. The number of halogens is 4. The molecule has 4 atom stereocenters. The number of hydrogen-bond donors (Lipinski definition) is 0. The Morgan fingerprint density at radius 2 is 0.625 bits per heavy atom. The maximum absolute atomic E-state index is 8.96. The summed E-state index contributed by atoms with van der Waals surface area (Å²) >= 11 is -10.7. The van der Waals surface area contributed by atoms with Crippen LogP contribution in [0.5, 0.6) is 0 Å². The molecule has 0 saturated carbocycles. The van der Waals surface area contributed by atoms with Crippen LogP contribution in [0.15, 0.2) is 119 Å². The summed E-state index contributed by atoms with van der Waals surface area (Å²) in [6.45, 7) is 12.3. The Morgan fingerprint density at radius 3 is 0.857 bits per heavy atom. The van der Waals surface area contributed by atoms with Crippen molar-refractivity contribution in [3.63, 3.8) is 0 Å². The molecule has 0 aromatic heterocycles. The quantitative estimate of drug-likeness (QED) is 0.0925.